The minimum Gasteiger partial charge on any atom is -0.465 e. The zero-order chi connectivity index (χ0) is 19.8. The van der Waals surface area contributed by atoms with Gasteiger partial charge in [0.1, 0.15) is 17.0 Å². The van der Waals surface area contributed by atoms with Gasteiger partial charge in [0.05, 0.1) is 18.5 Å². The molecule has 2 aromatic heterocycles. The Hall–Kier alpha value is -2.69. The second-order valence-corrected chi connectivity index (χ2v) is 6.84. The fourth-order valence-corrected chi connectivity index (χ4v) is 3.20. The van der Waals surface area contributed by atoms with Crippen molar-refractivity contribution in [3.8, 4) is 0 Å². The maximum atomic E-state index is 13.1. The Labute approximate surface area is 154 Å². The fraction of sp³-hybridized carbons (Fsp3) is 0.375. The molecule has 0 spiro atoms. The van der Waals surface area contributed by atoms with Crippen LogP contribution >= 0.6 is 11.3 Å². The van der Waals surface area contributed by atoms with Gasteiger partial charge in [0.2, 0.25) is 5.91 Å². The zero-order valence-electron chi connectivity index (χ0n) is 14.0. The summed E-state index contributed by atoms with van der Waals surface area (Å²) in [5.74, 6) is -1.58. The van der Waals surface area contributed by atoms with Crippen LogP contribution < -0.4 is 10.9 Å². The van der Waals surface area contributed by atoms with E-state index >= 15 is 0 Å². The minimum absolute atomic E-state index is 0.133. The van der Waals surface area contributed by atoms with Gasteiger partial charge in [-0.15, -0.1) is 11.3 Å². The van der Waals surface area contributed by atoms with Crippen LogP contribution in [0.25, 0.3) is 0 Å². The van der Waals surface area contributed by atoms with Crippen molar-refractivity contribution >= 4 is 28.9 Å². The number of carbonyl (C=O) groups is 2. The topological polar surface area (TPSA) is 90.3 Å². The van der Waals surface area contributed by atoms with Gasteiger partial charge in [-0.3, -0.25) is 9.59 Å². The van der Waals surface area contributed by atoms with E-state index in [1.54, 1.807) is 5.38 Å². The van der Waals surface area contributed by atoms with Gasteiger partial charge in [0.15, 0.2) is 0 Å². The molecule has 1 aliphatic rings. The van der Waals surface area contributed by atoms with E-state index in [4.69, 9.17) is 0 Å². The molecule has 1 fully saturated rings. The van der Waals surface area contributed by atoms with E-state index in [0.29, 0.717) is 17.5 Å². The molecule has 1 N–H and O–H groups in total. The maximum absolute atomic E-state index is 13.1. The van der Waals surface area contributed by atoms with Crippen LogP contribution in [0.2, 0.25) is 0 Å². The number of ether oxygens (including phenoxy) is 1. The number of thiophene rings is 1. The van der Waals surface area contributed by atoms with Crippen molar-refractivity contribution in [2.45, 2.75) is 31.5 Å². The quantitative estimate of drug-likeness (QED) is 0.778. The lowest BCUT2D eigenvalue weighted by molar-refractivity contribution is -0.139. The predicted octanol–water partition coefficient (Wildman–Crippen LogP) is 2.63. The third-order valence-corrected chi connectivity index (χ3v) is 4.79. The number of amides is 1. The number of methoxy groups -OCH3 is 1. The molecule has 0 aromatic carbocycles. The van der Waals surface area contributed by atoms with Crippen LogP contribution in [0.3, 0.4) is 0 Å². The van der Waals surface area contributed by atoms with Gasteiger partial charge >= 0.3 is 12.1 Å². The van der Waals surface area contributed by atoms with E-state index < -0.39 is 35.7 Å². The number of carbonyl (C=O) groups excluding carboxylic acids is 2. The molecule has 144 valence electrons. The van der Waals surface area contributed by atoms with Gasteiger partial charge < -0.3 is 10.1 Å². The fourth-order valence-electron chi connectivity index (χ4n) is 2.44. The average molecular weight is 401 g/mol. The van der Waals surface area contributed by atoms with Crippen molar-refractivity contribution in [3.05, 3.63) is 44.0 Å². The number of alkyl halides is 3. The van der Waals surface area contributed by atoms with Crippen molar-refractivity contribution in [3.63, 3.8) is 0 Å². The molecule has 2 aromatic rings. The molecule has 0 saturated heterocycles. The number of aromatic nitrogens is 2. The second kappa shape index (κ2) is 7.14. The van der Waals surface area contributed by atoms with Crippen molar-refractivity contribution in [2.24, 2.45) is 0 Å². The average Bonchev–Trinajstić information content (AvgIpc) is 3.34. The lowest BCUT2D eigenvalue weighted by atomic mass is 10.2. The Bertz CT molecular complexity index is 947. The van der Waals surface area contributed by atoms with Crippen LogP contribution in [-0.4, -0.2) is 28.8 Å². The maximum Gasteiger partial charge on any atom is 0.421 e. The van der Waals surface area contributed by atoms with Crippen molar-refractivity contribution in [1.82, 2.24) is 9.78 Å². The van der Waals surface area contributed by atoms with E-state index in [-0.39, 0.29) is 22.2 Å². The third kappa shape index (κ3) is 4.18. The number of nitrogens with zero attached hydrogens (tertiary/aromatic N) is 2. The first kappa shape index (κ1) is 19.1. The van der Waals surface area contributed by atoms with E-state index in [9.17, 15) is 27.6 Å². The highest BCUT2D eigenvalue weighted by Crippen LogP contribution is 2.40. The lowest BCUT2D eigenvalue weighted by Crippen LogP contribution is -2.35. The van der Waals surface area contributed by atoms with Gasteiger partial charge in [-0.2, -0.15) is 18.3 Å². The summed E-state index contributed by atoms with van der Waals surface area (Å²) in [5.41, 5.74) is -2.45. The van der Waals surface area contributed by atoms with Gasteiger partial charge in [-0.05, 0) is 30.4 Å². The second-order valence-electron chi connectivity index (χ2n) is 5.92. The summed E-state index contributed by atoms with van der Waals surface area (Å²) in [7, 11) is 1.18. The first-order chi connectivity index (χ1) is 12.7. The molecule has 0 radical (unpaired) electrons. The Morgan fingerprint density at radius 1 is 1.41 bits per heavy atom. The van der Waals surface area contributed by atoms with Gasteiger partial charge in [-0.1, -0.05) is 0 Å². The number of rotatable bonds is 5. The van der Waals surface area contributed by atoms with Gasteiger partial charge in [0, 0.05) is 5.92 Å². The van der Waals surface area contributed by atoms with Crippen LogP contribution in [-0.2, 0) is 22.3 Å². The predicted molar refractivity (Wildman–Crippen MR) is 89.8 cm³/mol. The molecule has 0 atom stereocenters. The molecule has 11 heteroatoms. The van der Waals surface area contributed by atoms with Crippen LogP contribution in [0.1, 0.15) is 39.7 Å². The number of halogens is 3. The molecular formula is C16H14F3N3O4S. The molecule has 0 unspecified atom stereocenters. The summed E-state index contributed by atoms with van der Waals surface area (Å²) < 4.78 is 44.5. The largest absolute Gasteiger partial charge is 0.465 e. The number of esters is 1. The van der Waals surface area contributed by atoms with Crippen LogP contribution in [0.4, 0.5) is 18.9 Å². The van der Waals surface area contributed by atoms with Gasteiger partial charge in [-0.25, -0.2) is 9.48 Å². The van der Waals surface area contributed by atoms with Crippen molar-refractivity contribution in [1.29, 1.82) is 0 Å². The molecule has 3 rings (SSSR count). The molecule has 0 bridgehead atoms. The number of hydrogen-bond acceptors (Lipinski definition) is 6. The van der Waals surface area contributed by atoms with E-state index in [2.05, 4.69) is 15.2 Å². The molecular weight excluding hydrogens is 387 g/mol. The van der Waals surface area contributed by atoms with E-state index in [0.717, 1.165) is 17.4 Å². The lowest BCUT2D eigenvalue weighted by Gasteiger charge is -2.12. The standard InChI is InChI=1S/C16H14F3N3O4S/c1-26-15(25)13-10(4-5-27-13)20-12(23)7-22-14(24)9(16(17,18)19)6-11(21-22)8-2-3-8/h4-6,8H,2-3,7H2,1H3,(H,20,23). The van der Waals surface area contributed by atoms with Crippen molar-refractivity contribution in [2.75, 3.05) is 12.4 Å². The molecule has 1 saturated carbocycles. The molecule has 0 aliphatic heterocycles. The minimum atomic E-state index is -4.84. The third-order valence-electron chi connectivity index (χ3n) is 3.90. The molecule has 27 heavy (non-hydrogen) atoms. The summed E-state index contributed by atoms with van der Waals surface area (Å²) in [5, 5.41) is 7.84. The smallest absolute Gasteiger partial charge is 0.421 e. The van der Waals surface area contributed by atoms with Gasteiger partial charge in [0.25, 0.3) is 5.56 Å². The highest BCUT2D eigenvalue weighted by Gasteiger charge is 2.37. The highest BCUT2D eigenvalue weighted by atomic mass is 32.1. The Kier molecular flexibility index (Phi) is 5.05. The first-order valence-electron chi connectivity index (χ1n) is 7.85. The molecule has 1 aliphatic carbocycles. The van der Waals surface area contributed by atoms with Crippen LogP contribution in [0.15, 0.2) is 22.3 Å². The van der Waals surface area contributed by atoms with E-state index in [1.165, 1.54) is 13.2 Å². The number of hydrogen-bond donors (Lipinski definition) is 1. The molecule has 2 heterocycles. The summed E-state index contributed by atoms with van der Waals surface area (Å²) in [6.07, 6.45) is -3.47. The highest BCUT2D eigenvalue weighted by molar-refractivity contribution is 7.12. The zero-order valence-corrected chi connectivity index (χ0v) is 14.8. The summed E-state index contributed by atoms with van der Waals surface area (Å²) in [4.78, 5) is 36.1. The van der Waals surface area contributed by atoms with Crippen LogP contribution in [0, 0.1) is 0 Å². The summed E-state index contributed by atoms with van der Waals surface area (Å²) >= 11 is 1.03. The summed E-state index contributed by atoms with van der Waals surface area (Å²) in [6.45, 7) is -0.709. The molecule has 7 nitrogen and oxygen atoms in total. The molecule has 1 amide bonds. The number of nitrogens with one attached hydrogen (secondary N) is 1. The number of anilines is 1. The van der Waals surface area contributed by atoms with Crippen molar-refractivity contribution < 1.29 is 27.5 Å². The SMILES string of the molecule is COC(=O)c1sccc1NC(=O)Cn1nc(C2CC2)cc(C(F)(F)F)c1=O. The van der Waals surface area contributed by atoms with E-state index in [1.807, 2.05) is 0 Å². The monoisotopic (exact) mass is 401 g/mol. The van der Waals surface area contributed by atoms with Crippen LogP contribution in [0.5, 0.6) is 0 Å². The Balaban J connectivity index is 1.86. The Morgan fingerprint density at radius 3 is 2.70 bits per heavy atom. The normalized spacial score (nSPS) is 14.1. The summed E-state index contributed by atoms with van der Waals surface area (Å²) in [6, 6.07) is 2.20. The Morgan fingerprint density at radius 2 is 2.11 bits per heavy atom. The first-order valence-corrected chi connectivity index (χ1v) is 8.73.